The molecule has 1 N–H and O–H groups in total. The molecular formula is C15H12F3N5O2. The van der Waals surface area contributed by atoms with Crippen LogP contribution < -0.4 is 5.32 Å². The molecule has 0 radical (unpaired) electrons. The van der Waals surface area contributed by atoms with E-state index in [2.05, 4.69) is 15.5 Å². The molecular weight excluding hydrogens is 339 g/mol. The van der Waals surface area contributed by atoms with E-state index in [1.807, 2.05) is 0 Å². The van der Waals surface area contributed by atoms with Gasteiger partial charge in [0.1, 0.15) is 5.69 Å². The fourth-order valence-corrected chi connectivity index (χ4v) is 2.43. The predicted molar refractivity (Wildman–Crippen MR) is 83.1 cm³/mol. The van der Waals surface area contributed by atoms with Crippen LogP contribution in [-0.4, -0.2) is 19.5 Å². The lowest BCUT2D eigenvalue weighted by atomic mass is 10.1. The van der Waals surface area contributed by atoms with Crippen molar-refractivity contribution >= 4 is 17.0 Å². The molecule has 0 bridgehead atoms. The van der Waals surface area contributed by atoms with Gasteiger partial charge in [-0.2, -0.15) is 13.2 Å². The molecule has 2 aromatic heterocycles. The lowest BCUT2D eigenvalue weighted by molar-refractivity contribution is -0.384. The Labute approximate surface area is 139 Å². The topological polar surface area (TPSA) is 85.4 Å². The van der Waals surface area contributed by atoms with Gasteiger partial charge < -0.3 is 5.32 Å². The van der Waals surface area contributed by atoms with Gasteiger partial charge in [-0.3, -0.25) is 14.5 Å². The standard InChI is InChI=1S/C15H12F3N5O2/c1-9(14-21-20-13-4-2-3-7-22(13)14)19-11-6-5-10(15(16,17)18)8-12(11)23(24)25/h2-9,19H,1H3. The molecule has 25 heavy (non-hydrogen) atoms. The molecule has 1 aromatic carbocycles. The number of nitrogens with one attached hydrogen (secondary N) is 1. The van der Waals surface area contributed by atoms with Crippen LogP contribution >= 0.6 is 0 Å². The van der Waals surface area contributed by atoms with Crippen molar-refractivity contribution in [1.82, 2.24) is 14.6 Å². The second kappa shape index (κ2) is 6.04. The lowest BCUT2D eigenvalue weighted by Gasteiger charge is -2.15. The van der Waals surface area contributed by atoms with Gasteiger partial charge in [0.05, 0.1) is 16.5 Å². The summed E-state index contributed by atoms with van der Waals surface area (Å²) in [5, 5.41) is 22.0. The lowest BCUT2D eigenvalue weighted by Crippen LogP contribution is -2.13. The maximum atomic E-state index is 12.8. The summed E-state index contributed by atoms with van der Waals surface area (Å²) in [4.78, 5) is 10.3. The molecule has 1 atom stereocenters. The van der Waals surface area contributed by atoms with E-state index in [1.54, 1.807) is 35.7 Å². The van der Waals surface area contributed by atoms with Crippen LogP contribution in [0.4, 0.5) is 24.5 Å². The molecule has 3 rings (SSSR count). The predicted octanol–water partition coefficient (Wildman–Crippen LogP) is 3.83. The number of fused-ring (bicyclic) bond motifs is 1. The molecule has 7 nitrogen and oxygen atoms in total. The molecule has 0 amide bonds. The van der Waals surface area contributed by atoms with E-state index >= 15 is 0 Å². The van der Waals surface area contributed by atoms with Gasteiger partial charge in [-0.25, -0.2) is 0 Å². The number of nitro groups is 1. The van der Waals surface area contributed by atoms with E-state index < -0.39 is 28.4 Å². The monoisotopic (exact) mass is 351 g/mol. The van der Waals surface area contributed by atoms with Crippen LogP contribution in [0.1, 0.15) is 24.4 Å². The quantitative estimate of drug-likeness (QED) is 0.570. The van der Waals surface area contributed by atoms with Gasteiger partial charge in [0, 0.05) is 12.3 Å². The molecule has 0 aliphatic carbocycles. The summed E-state index contributed by atoms with van der Waals surface area (Å²) in [6.07, 6.45) is -2.93. The number of nitrogens with zero attached hydrogens (tertiary/aromatic N) is 4. The minimum Gasteiger partial charge on any atom is -0.370 e. The van der Waals surface area contributed by atoms with Crippen molar-refractivity contribution in [3.63, 3.8) is 0 Å². The molecule has 0 aliphatic rings. The van der Waals surface area contributed by atoms with Crippen molar-refractivity contribution < 1.29 is 18.1 Å². The van der Waals surface area contributed by atoms with Gasteiger partial charge in [-0.15, -0.1) is 10.2 Å². The number of hydrogen-bond donors (Lipinski definition) is 1. The third-order valence-corrected chi connectivity index (χ3v) is 3.62. The average Bonchev–Trinajstić information content (AvgIpc) is 2.98. The number of pyridine rings is 1. The number of halogens is 3. The number of anilines is 1. The minimum atomic E-state index is -4.65. The fraction of sp³-hybridized carbons (Fsp3) is 0.200. The second-order valence-corrected chi connectivity index (χ2v) is 5.34. The zero-order valence-corrected chi connectivity index (χ0v) is 12.9. The van der Waals surface area contributed by atoms with Crippen molar-refractivity contribution in [3.05, 3.63) is 64.1 Å². The Balaban J connectivity index is 1.95. The zero-order chi connectivity index (χ0) is 18.2. The summed E-state index contributed by atoms with van der Waals surface area (Å²) in [7, 11) is 0. The van der Waals surface area contributed by atoms with Crippen molar-refractivity contribution in [2.24, 2.45) is 0 Å². The molecule has 0 spiro atoms. The second-order valence-electron chi connectivity index (χ2n) is 5.34. The molecule has 0 aliphatic heterocycles. The molecule has 130 valence electrons. The van der Waals surface area contributed by atoms with Gasteiger partial charge in [0.15, 0.2) is 11.5 Å². The molecule has 1 unspecified atom stereocenters. The first-order chi connectivity index (χ1) is 11.8. The van der Waals surface area contributed by atoms with E-state index in [4.69, 9.17) is 0 Å². The van der Waals surface area contributed by atoms with E-state index in [0.717, 1.165) is 12.1 Å². The van der Waals surface area contributed by atoms with E-state index in [0.29, 0.717) is 17.5 Å². The Bertz CT molecular complexity index is 938. The van der Waals surface area contributed by atoms with Gasteiger partial charge in [-0.1, -0.05) is 6.07 Å². The van der Waals surface area contributed by atoms with Crippen LogP contribution in [-0.2, 0) is 6.18 Å². The van der Waals surface area contributed by atoms with Crippen molar-refractivity contribution in [1.29, 1.82) is 0 Å². The van der Waals surface area contributed by atoms with Crippen LogP contribution in [0.5, 0.6) is 0 Å². The van der Waals surface area contributed by atoms with E-state index in [9.17, 15) is 23.3 Å². The molecule has 0 saturated heterocycles. The fourth-order valence-electron chi connectivity index (χ4n) is 2.43. The van der Waals surface area contributed by atoms with Crippen LogP contribution in [0.15, 0.2) is 42.6 Å². The Kier molecular flexibility index (Phi) is 4.03. The number of benzene rings is 1. The molecule has 10 heteroatoms. The van der Waals surface area contributed by atoms with Gasteiger partial charge in [0.2, 0.25) is 0 Å². The van der Waals surface area contributed by atoms with Gasteiger partial charge in [-0.05, 0) is 31.2 Å². The summed E-state index contributed by atoms with van der Waals surface area (Å²) in [5.41, 5.74) is -1.17. The minimum absolute atomic E-state index is 0.0295. The Morgan fingerprint density at radius 2 is 2.00 bits per heavy atom. The van der Waals surface area contributed by atoms with Gasteiger partial charge in [0.25, 0.3) is 5.69 Å². The van der Waals surface area contributed by atoms with Crippen molar-refractivity contribution in [3.8, 4) is 0 Å². The third-order valence-electron chi connectivity index (χ3n) is 3.62. The number of rotatable bonds is 4. The maximum absolute atomic E-state index is 12.8. The first-order valence-corrected chi connectivity index (χ1v) is 7.19. The number of alkyl halides is 3. The summed E-state index contributed by atoms with van der Waals surface area (Å²) >= 11 is 0. The van der Waals surface area contributed by atoms with E-state index in [-0.39, 0.29) is 5.69 Å². The smallest absolute Gasteiger partial charge is 0.370 e. The average molecular weight is 351 g/mol. The molecule has 2 heterocycles. The van der Waals surface area contributed by atoms with E-state index in [1.165, 1.54) is 0 Å². The first kappa shape index (κ1) is 16.7. The number of nitro benzene ring substituents is 1. The van der Waals surface area contributed by atoms with Gasteiger partial charge >= 0.3 is 6.18 Å². The third kappa shape index (κ3) is 3.23. The normalized spacial score (nSPS) is 13.0. The highest BCUT2D eigenvalue weighted by molar-refractivity contribution is 5.63. The van der Waals surface area contributed by atoms with Crippen LogP contribution in [0.2, 0.25) is 0 Å². The highest BCUT2D eigenvalue weighted by Crippen LogP contribution is 2.36. The van der Waals surface area contributed by atoms with Crippen molar-refractivity contribution in [2.45, 2.75) is 19.1 Å². The van der Waals surface area contributed by atoms with Crippen LogP contribution in [0.3, 0.4) is 0 Å². The first-order valence-electron chi connectivity index (χ1n) is 7.19. The van der Waals surface area contributed by atoms with Crippen LogP contribution in [0, 0.1) is 10.1 Å². The highest BCUT2D eigenvalue weighted by atomic mass is 19.4. The highest BCUT2D eigenvalue weighted by Gasteiger charge is 2.33. The summed E-state index contributed by atoms with van der Waals surface area (Å²) in [5.74, 6) is 0.477. The van der Waals surface area contributed by atoms with Crippen LogP contribution in [0.25, 0.3) is 5.65 Å². The summed E-state index contributed by atoms with van der Waals surface area (Å²) in [6.45, 7) is 1.69. The summed E-state index contributed by atoms with van der Waals surface area (Å²) in [6, 6.07) is 7.12. The summed E-state index contributed by atoms with van der Waals surface area (Å²) < 4.78 is 40.0. The zero-order valence-electron chi connectivity index (χ0n) is 12.9. The molecule has 0 fully saturated rings. The molecule has 0 saturated carbocycles. The molecule has 3 aromatic rings. The largest absolute Gasteiger partial charge is 0.416 e. The van der Waals surface area contributed by atoms with Crippen molar-refractivity contribution in [2.75, 3.05) is 5.32 Å². The Morgan fingerprint density at radius 3 is 2.68 bits per heavy atom. The Morgan fingerprint density at radius 1 is 1.24 bits per heavy atom. The number of aromatic nitrogens is 3. The number of hydrogen-bond acceptors (Lipinski definition) is 5. The maximum Gasteiger partial charge on any atom is 0.416 e. The Hall–Kier alpha value is -3.17. The SMILES string of the molecule is CC(Nc1ccc(C(F)(F)F)cc1[N+](=O)[O-])c1nnc2ccccn12.